The van der Waals surface area contributed by atoms with Crippen LogP contribution in [0, 0.1) is 0 Å². The smallest absolute Gasteiger partial charge is 0.339 e. The Kier molecular flexibility index (Phi) is 11.0. The third-order valence-corrected chi connectivity index (χ3v) is 8.27. The minimum Gasteiger partial charge on any atom is -0.507 e. The lowest BCUT2D eigenvalue weighted by atomic mass is 10.1. The topological polar surface area (TPSA) is 187 Å². The Balaban J connectivity index is 1.56. The van der Waals surface area contributed by atoms with Crippen LogP contribution in [0.2, 0.25) is 0 Å². The van der Waals surface area contributed by atoms with Gasteiger partial charge in [0.2, 0.25) is 10.0 Å². The summed E-state index contributed by atoms with van der Waals surface area (Å²) in [5.41, 5.74) is 1.16. The zero-order chi connectivity index (χ0) is 30.0. The van der Waals surface area contributed by atoms with Gasteiger partial charge < -0.3 is 20.6 Å². The van der Waals surface area contributed by atoms with Crippen LogP contribution in [0.15, 0.2) is 77.7 Å². The molecule has 3 aromatic rings. The fraction of sp³-hybridized carbons (Fsp3) is 0.214. The Morgan fingerprint density at radius 2 is 1.56 bits per heavy atom. The summed E-state index contributed by atoms with van der Waals surface area (Å²) in [5.74, 6) is -3.66. The van der Waals surface area contributed by atoms with Gasteiger partial charge in [0.1, 0.15) is 11.3 Å². The summed E-state index contributed by atoms with van der Waals surface area (Å²) >= 11 is 1.35. The highest BCUT2D eigenvalue weighted by molar-refractivity contribution is 7.99. The summed E-state index contributed by atoms with van der Waals surface area (Å²) < 4.78 is 27.5. The molecule has 41 heavy (non-hydrogen) atoms. The normalized spacial score (nSPS) is 11.9. The molecule has 0 aliphatic heterocycles. The number of amides is 1. The highest BCUT2D eigenvalue weighted by Gasteiger charge is 2.24. The molecule has 0 saturated carbocycles. The Labute approximate surface area is 240 Å². The first-order valence-corrected chi connectivity index (χ1v) is 14.9. The zero-order valence-corrected chi connectivity index (χ0v) is 23.3. The molecule has 3 rings (SSSR count). The molecule has 1 atom stereocenters. The molecule has 0 aliphatic rings. The molecule has 0 heterocycles. The van der Waals surface area contributed by atoms with E-state index < -0.39 is 57.4 Å². The minimum absolute atomic E-state index is 0.0408. The number of aromatic carboxylic acids is 1. The molecule has 0 bridgehead atoms. The highest BCUT2D eigenvalue weighted by atomic mass is 32.2. The number of hydrogen-bond donors (Lipinski definition) is 5. The summed E-state index contributed by atoms with van der Waals surface area (Å²) in [7, 11) is -4.12. The monoisotopic (exact) mass is 600 g/mol. The Hall–Kier alpha value is -4.20. The van der Waals surface area contributed by atoms with Gasteiger partial charge in [-0.05, 0) is 53.6 Å². The number of ketones is 1. The molecule has 0 aromatic heterocycles. The maximum atomic E-state index is 12.7. The average molecular weight is 601 g/mol. The van der Waals surface area contributed by atoms with Crippen molar-refractivity contribution in [3.05, 3.63) is 95.1 Å². The van der Waals surface area contributed by atoms with Crippen LogP contribution in [0.5, 0.6) is 5.75 Å². The first-order chi connectivity index (χ1) is 19.5. The van der Waals surface area contributed by atoms with Gasteiger partial charge in [-0.1, -0.05) is 42.5 Å². The quantitative estimate of drug-likeness (QED) is 0.162. The van der Waals surface area contributed by atoms with Crippen molar-refractivity contribution < 1.29 is 42.9 Å². The number of hydrogen-bond acceptors (Lipinski definition) is 8. The summed E-state index contributed by atoms with van der Waals surface area (Å²) in [6.07, 6.45) is 0.181. The number of carbonyl (C=O) groups excluding carboxylic acids is 2. The standard InChI is InChI=1S/C28H28N2O9S2/c31-24-11-10-21(14-22(24)28(36)37)41(38,39)29-16-19-6-8-20(9-7-19)27(35)30-23(15-26(33)34)25(32)17-40-13-12-18-4-2-1-3-5-18/h1-11,14,23,29,31H,12-13,15-17H2,(H,30,35)(H,33,34)(H,36,37). The number of phenols is 1. The van der Waals surface area contributed by atoms with Crippen LogP contribution in [0.3, 0.4) is 0 Å². The molecule has 0 aliphatic carbocycles. The molecule has 3 aromatic carbocycles. The number of thioether (sulfide) groups is 1. The lowest BCUT2D eigenvalue weighted by Gasteiger charge is -2.16. The predicted octanol–water partition coefficient (Wildman–Crippen LogP) is 2.69. The van der Waals surface area contributed by atoms with Crippen LogP contribution >= 0.6 is 11.8 Å². The van der Waals surface area contributed by atoms with E-state index in [4.69, 9.17) is 5.11 Å². The minimum atomic E-state index is -4.12. The molecule has 0 saturated heterocycles. The van der Waals surface area contributed by atoms with Crippen molar-refractivity contribution in [2.24, 2.45) is 0 Å². The maximum Gasteiger partial charge on any atom is 0.339 e. The van der Waals surface area contributed by atoms with Crippen molar-refractivity contribution in [1.29, 1.82) is 0 Å². The number of aliphatic carboxylic acids is 1. The van der Waals surface area contributed by atoms with Gasteiger partial charge >= 0.3 is 11.9 Å². The zero-order valence-electron chi connectivity index (χ0n) is 21.6. The van der Waals surface area contributed by atoms with Gasteiger partial charge in [0.05, 0.1) is 23.1 Å². The van der Waals surface area contributed by atoms with Crippen molar-refractivity contribution in [2.75, 3.05) is 11.5 Å². The molecular formula is C28H28N2O9S2. The number of rotatable bonds is 15. The van der Waals surface area contributed by atoms with Gasteiger partial charge in [-0.3, -0.25) is 14.4 Å². The van der Waals surface area contributed by atoms with Gasteiger partial charge in [-0.25, -0.2) is 17.9 Å². The second-order valence-corrected chi connectivity index (χ2v) is 11.8. The number of carbonyl (C=O) groups is 4. The SMILES string of the molecule is O=C(O)CC(NC(=O)c1ccc(CNS(=O)(=O)c2ccc(O)c(C(=O)O)c2)cc1)C(=O)CSCCc1ccccc1. The summed E-state index contributed by atoms with van der Waals surface area (Å²) in [4.78, 5) is 47.5. The lowest BCUT2D eigenvalue weighted by molar-refractivity contribution is -0.139. The number of aryl methyl sites for hydroxylation is 1. The number of carboxylic acid groups (broad SMARTS) is 2. The number of benzene rings is 3. The maximum absolute atomic E-state index is 12.7. The number of aromatic hydroxyl groups is 1. The van der Waals surface area contributed by atoms with Crippen molar-refractivity contribution in [3.63, 3.8) is 0 Å². The second kappa shape index (κ2) is 14.4. The third-order valence-electron chi connectivity index (χ3n) is 5.89. The van der Waals surface area contributed by atoms with Crippen molar-refractivity contribution >= 4 is 45.4 Å². The van der Waals surface area contributed by atoms with Crippen molar-refractivity contribution in [1.82, 2.24) is 10.0 Å². The number of nitrogens with one attached hydrogen (secondary N) is 2. The first-order valence-electron chi connectivity index (χ1n) is 12.3. The number of Topliss-reactive ketones (excluding diaryl/α,β-unsaturated/α-hetero) is 1. The molecule has 216 valence electrons. The Bertz CT molecular complexity index is 1510. The van der Waals surface area contributed by atoms with Crippen LogP contribution < -0.4 is 10.0 Å². The van der Waals surface area contributed by atoms with E-state index in [9.17, 15) is 37.8 Å². The Morgan fingerprint density at radius 3 is 2.20 bits per heavy atom. The fourth-order valence-corrected chi connectivity index (χ4v) is 5.63. The van der Waals surface area contributed by atoms with Gasteiger partial charge in [0.25, 0.3) is 5.91 Å². The highest BCUT2D eigenvalue weighted by Crippen LogP contribution is 2.21. The summed E-state index contributed by atoms with van der Waals surface area (Å²) in [6, 6.07) is 17.1. The predicted molar refractivity (Wildman–Crippen MR) is 152 cm³/mol. The van der Waals surface area contributed by atoms with E-state index in [1.807, 2.05) is 30.3 Å². The summed E-state index contributed by atoms with van der Waals surface area (Å²) in [5, 5.41) is 30.4. The van der Waals surface area contributed by atoms with Gasteiger partial charge in [-0.2, -0.15) is 11.8 Å². The van der Waals surface area contributed by atoms with Crippen LogP contribution in [0.25, 0.3) is 0 Å². The number of carboxylic acids is 2. The van der Waals surface area contributed by atoms with E-state index in [1.54, 1.807) is 0 Å². The van der Waals surface area contributed by atoms with Crippen LogP contribution in [0.4, 0.5) is 0 Å². The molecule has 0 fully saturated rings. The molecule has 1 amide bonds. The molecule has 0 radical (unpaired) electrons. The molecule has 1 unspecified atom stereocenters. The van der Waals surface area contributed by atoms with Gasteiger partial charge in [-0.15, -0.1) is 0 Å². The van der Waals surface area contributed by atoms with E-state index in [-0.39, 0.29) is 22.8 Å². The summed E-state index contributed by atoms with van der Waals surface area (Å²) in [6.45, 7) is -0.187. The second-order valence-electron chi connectivity index (χ2n) is 8.88. The molecule has 11 nitrogen and oxygen atoms in total. The molecule has 13 heteroatoms. The van der Waals surface area contributed by atoms with Gasteiger partial charge in [0, 0.05) is 12.1 Å². The molecule has 5 N–H and O–H groups in total. The van der Waals surface area contributed by atoms with E-state index in [2.05, 4.69) is 10.0 Å². The third kappa shape index (κ3) is 9.45. The molecule has 0 spiro atoms. The fourth-order valence-electron chi connectivity index (χ4n) is 3.66. The van der Waals surface area contributed by atoms with E-state index >= 15 is 0 Å². The van der Waals surface area contributed by atoms with E-state index in [0.717, 1.165) is 30.2 Å². The first kappa shape index (κ1) is 31.3. The van der Waals surface area contributed by atoms with Crippen LogP contribution in [-0.2, 0) is 32.6 Å². The van der Waals surface area contributed by atoms with Crippen molar-refractivity contribution in [2.45, 2.75) is 30.3 Å². The Morgan fingerprint density at radius 1 is 0.878 bits per heavy atom. The van der Waals surface area contributed by atoms with E-state index in [1.165, 1.54) is 36.0 Å². The lowest BCUT2D eigenvalue weighted by Crippen LogP contribution is -2.43. The van der Waals surface area contributed by atoms with E-state index in [0.29, 0.717) is 11.3 Å². The van der Waals surface area contributed by atoms with Crippen LogP contribution in [0.1, 0.15) is 38.3 Å². The number of sulfonamides is 1. The van der Waals surface area contributed by atoms with Crippen LogP contribution in [-0.4, -0.2) is 64.9 Å². The van der Waals surface area contributed by atoms with Crippen molar-refractivity contribution in [3.8, 4) is 5.75 Å². The average Bonchev–Trinajstić information content (AvgIpc) is 2.94. The molecular weight excluding hydrogens is 572 g/mol. The van der Waals surface area contributed by atoms with Gasteiger partial charge in [0.15, 0.2) is 5.78 Å². The largest absolute Gasteiger partial charge is 0.507 e.